The Kier molecular flexibility index (Phi) is 4.59. The molecule has 3 N–H and O–H groups in total. The first-order valence-electron chi connectivity index (χ1n) is 8.14. The van der Waals surface area contributed by atoms with E-state index in [0.717, 1.165) is 18.5 Å². The second-order valence-electron chi connectivity index (χ2n) is 6.27. The molecule has 0 saturated carbocycles. The van der Waals surface area contributed by atoms with Gasteiger partial charge in [-0.2, -0.15) is 0 Å². The van der Waals surface area contributed by atoms with Crippen molar-refractivity contribution in [3.05, 3.63) is 29.3 Å². The summed E-state index contributed by atoms with van der Waals surface area (Å²) >= 11 is 0. The number of sulfonamides is 1. The fraction of sp³-hybridized carbons (Fsp3) is 0.562. The van der Waals surface area contributed by atoms with Crippen LogP contribution in [0, 0.1) is 5.92 Å². The van der Waals surface area contributed by atoms with Gasteiger partial charge in [0.1, 0.15) is 0 Å². The number of aryl methyl sites for hydroxylation is 2. The van der Waals surface area contributed by atoms with Crippen LogP contribution in [0.1, 0.15) is 24.5 Å². The molecule has 1 aliphatic carbocycles. The Morgan fingerprint density at radius 1 is 1.35 bits per heavy atom. The Bertz CT molecular complexity index is 709. The van der Waals surface area contributed by atoms with Gasteiger partial charge >= 0.3 is 0 Å². The van der Waals surface area contributed by atoms with Gasteiger partial charge in [0, 0.05) is 31.2 Å². The first kappa shape index (κ1) is 16.3. The number of aliphatic imine (C=N–C) groups is 1. The van der Waals surface area contributed by atoms with Crippen molar-refractivity contribution >= 4 is 21.7 Å². The lowest BCUT2D eigenvalue weighted by Gasteiger charge is -2.37. The van der Waals surface area contributed by atoms with E-state index in [2.05, 4.69) is 22.4 Å². The number of hydrogen-bond acceptors (Lipinski definition) is 3. The third-order valence-electron chi connectivity index (χ3n) is 4.57. The first-order chi connectivity index (χ1) is 11.0. The number of benzene rings is 1. The molecule has 6 nitrogen and oxygen atoms in total. The molecule has 126 valence electrons. The molecule has 1 heterocycles. The number of guanidine groups is 1. The molecule has 1 saturated heterocycles. The Morgan fingerprint density at radius 2 is 2.09 bits per heavy atom. The van der Waals surface area contributed by atoms with Gasteiger partial charge in [0.05, 0.1) is 5.75 Å². The molecule has 1 aliphatic heterocycles. The normalized spacial score (nSPS) is 19.4. The highest BCUT2D eigenvalue weighted by Crippen LogP contribution is 2.25. The van der Waals surface area contributed by atoms with Gasteiger partial charge in [-0.15, -0.1) is 0 Å². The van der Waals surface area contributed by atoms with Crippen LogP contribution in [-0.4, -0.2) is 44.1 Å². The Labute approximate surface area is 137 Å². The van der Waals surface area contributed by atoms with E-state index in [9.17, 15) is 8.42 Å². The van der Waals surface area contributed by atoms with Gasteiger partial charge in [0.2, 0.25) is 10.0 Å². The van der Waals surface area contributed by atoms with Crippen LogP contribution in [-0.2, 0) is 22.9 Å². The fourth-order valence-electron chi connectivity index (χ4n) is 3.11. The van der Waals surface area contributed by atoms with Gasteiger partial charge in [-0.05, 0) is 49.4 Å². The van der Waals surface area contributed by atoms with Crippen molar-refractivity contribution in [2.24, 2.45) is 16.6 Å². The van der Waals surface area contributed by atoms with Crippen molar-refractivity contribution in [2.45, 2.75) is 26.2 Å². The van der Waals surface area contributed by atoms with Crippen LogP contribution in [0.3, 0.4) is 0 Å². The van der Waals surface area contributed by atoms with Crippen molar-refractivity contribution in [3.63, 3.8) is 0 Å². The highest BCUT2D eigenvalue weighted by atomic mass is 32.2. The van der Waals surface area contributed by atoms with E-state index in [0.29, 0.717) is 25.6 Å². The molecular weight excluding hydrogens is 312 g/mol. The summed E-state index contributed by atoms with van der Waals surface area (Å²) in [6, 6.07) is 6.33. The van der Waals surface area contributed by atoms with E-state index in [4.69, 9.17) is 5.73 Å². The lowest BCUT2D eigenvalue weighted by atomic mass is 10.0. The number of nitrogens with two attached hydrogens (primary N) is 1. The molecule has 0 unspecified atom stereocenters. The minimum atomic E-state index is -3.05. The summed E-state index contributed by atoms with van der Waals surface area (Å²) in [6.45, 7) is 3.32. The van der Waals surface area contributed by atoms with Gasteiger partial charge in [0.15, 0.2) is 5.96 Å². The van der Waals surface area contributed by atoms with Crippen molar-refractivity contribution in [3.8, 4) is 0 Å². The average molecular weight is 336 g/mol. The molecule has 0 atom stereocenters. The molecule has 23 heavy (non-hydrogen) atoms. The van der Waals surface area contributed by atoms with Crippen LogP contribution >= 0.6 is 0 Å². The summed E-state index contributed by atoms with van der Waals surface area (Å²) in [4.78, 5) is 4.34. The summed E-state index contributed by atoms with van der Waals surface area (Å²) in [7, 11) is -3.05. The molecule has 0 aromatic heterocycles. The highest BCUT2D eigenvalue weighted by molar-refractivity contribution is 7.89. The zero-order valence-corrected chi connectivity index (χ0v) is 14.3. The maximum atomic E-state index is 11.7. The van der Waals surface area contributed by atoms with E-state index in [-0.39, 0.29) is 11.7 Å². The molecule has 3 rings (SSSR count). The molecule has 1 fully saturated rings. The van der Waals surface area contributed by atoms with Gasteiger partial charge in [-0.1, -0.05) is 6.07 Å². The largest absolute Gasteiger partial charge is 0.370 e. The quantitative estimate of drug-likeness (QED) is 0.624. The smallest absolute Gasteiger partial charge is 0.213 e. The van der Waals surface area contributed by atoms with E-state index < -0.39 is 10.0 Å². The number of hydrogen-bond donors (Lipinski definition) is 2. The molecule has 1 aromatic rings. The van der Waals surface area contributed by atoms with E-state index in [1.807, 2.05) is 6.07 Å². The van der Waals surface area contributed by atoms with E-state index >= 15 is 0 Å². The molecule has 2 aliphatic rings. The summed E-state index contributed by atoms with van der Waals surface area (Å²) in [5, 5.41) is 3.12. The zero-order chi connectivity index (χ0) is 16.4. The Morgan fingerprint density at radius 3 is 2.83 bits per heavy atom. The van der Waals surface area contributed by atoms with Crippen LogP contribution in [0.5, 0.6) is 0 Å². The lowest BCUT2D eigenvalue weighted by molar-refractivity contribution is 0.208. The maximum Gasteiger partial charge on any atom is 0.213 e. The van der Waals surface area contributed by atoms with Crippen LogP contribution in [0.4, 0.5) is 5.69 Å². The van der Waals surface area contributed by atoms with Crippen LogP contribution < -0.4 is 11.1 Å². The standard InChI is InChI=1S/C16H24N4O2S/c1-2-23(21,22)20-10-12(11-20)9-18-16(17)19-15-7-6-13-4-3-5-14(13)8-15/h6-8,12H,2-5,9-11H2,1H3,(H3,17,18,19). The predicted octanol–water partition coefficient (Wildman–Crippen LogP) is 1.18. The Hall–Kier alpha value is -1.60. The van der Waals surface area contributed by atoms with Crippen LogP contribution in [0.15, 0.2) is 23.2 Å². The minimum absolute atomic E-state index is 0.158. The second kappa shape index (κ2) is 6.49. The molecular formula is C16H24N4O2S. The summed E-state index contributed by atoms with van der Waals surface area (Å²) in [6.07, 6.45) is 3.52. The number of rotatable bonds is 5. The highest BCUT2D eigenvalue weighted by Gasteiger charge is 2.34. The van der Waals surface area contributed by atoms with Gasteiger partial charge < -0.3 is 11.1 Å². The van der Waals surface area contributed by atoms with Gasteiger partial charge in [0.25, 0.3) is 0 Å². The SMILES string of the molecule is CCS(=O)(=O)N1CC(CN=C(N)Nc2ccc3c(c2)CCC3)C1. The molecule has 0 spiro atoms. The predicted molar refractivity (Wildman–Crippen MR) is 93.1 cm³/mol. The van der Waals surface area contributed by atoms with Gasteiger partial charge in [-0.25, -0.2) is 12.7 Å². The molecule has 0 radical (unpaired) electrons. The third-order valence-corrected chi connectivity index (χ3v) is 6.39. The molecule has 1 aromatic carbocycles. The number of nitrogens with one attached hydrogen (secondary N) is 1. The summed E-state index contributed by atoms with van der Waals surface area (Å²) in [5.41, 5.74) is 9.72. The maximum absolute atomic E-state index is 11.7. The third kappa shape index (κ3) is 3.67. The molecule has 7 heteroatoms. The number of anilines is 1. The topological polar surface area (TPSA) is 87.8 Å². The molecule has 0 amide bonds. The fourth-order valence-corrected chi connectivity index (χ4v) is 4.35. The number of fused-ring (bicyclic) bond motifs is 1. The van der Waals surface area contributed by atoms with Crippen molar-refractivity contribution in [1.29, 1.82) is 0 Å². The van der Waals surface area contributed by atoms with E-state index in [1.165, 1.54) is 21.9 Å². The zero-order valence-electron chi connectivity index (χ0n) is 13.5. The van der Waals surface area contributed by atoms with Crippen molar-refractivity contribution in [1.82, 2.24) is 4.31 Å². The van der Waals surface area contributed by atoms with E-state index in [1.54, 1.807) is 6.92 Å². The first-order valence-corrected chi connectivity index (χ1v) is 9.75. The molecule has 0 bridgehead atoms. The van der Waals surface area contributed by atoms with Crippen LogP contribution in [0.25, 0.3) is 0 Å². The van der Waals surface area contributed by atoms with Crippen LogP contribution in [0.2, 0.25) is 0 Å². The number of nitrogens with zero attached hydrogens (tertiary/aromatic N) is 2. The average Bonchev–Trinajstić information content (AvgIpc) is 2.93. The van der Waals surface area contributed by atoms with Crippen molar-refractivity contribution in [2.75, 3.05) is 30.7 Å². The Balaban J connectivity index is 1.50. The minimum Gasteiger partial charge on any atom is -0.370 e. The van der Waals surface area contributed by atoms with Crippen molar-refractivity contribution < 1.29 is 8.42 Å². The summed E-state index contributed by atoms with van der Waals surface area (Å²) in [5.74, 6) is 0.807. The van der Waals surface area contributed by atoms with Gasteiger partial charge in [-0.3, -0.25) is 4.99 Å². The second-order valence-corrected chi connectivity index (χ2v) is 8.53. The lowest BCUT2D eigenvalue weighted by Crippen LogP contribution is -2.51. The monoisotopic (exact) mass is 336 g/mol. The summed E-state index contributed by atoms with van der Waals surface area (Å²) < 4.78 is 24.8.